The van der Waals surface area contributed by atoms with Crippen molar-refractivity contribution in [2.45, 2.75) is 12.4 Å². The van der Waals surface area contributed by atoms with Crippen molar-refractivity contribution in [1.29, 1.82) is 0 Å². The molecule has 15 heteroatoms. The second-order valence-corrected chi connectivity index (χ2v) is 15.1. The van der Waals surface area contributed by atoms with Crippen molar-refractivity contribution < 1.29 is 50.1 Å². The molecule has 7 rings (SSSR count). The van der Waals surface area contributed by atoms with Gasteiger partial charge in [-0.3, -0.25) is 24.1 Å². The van der Waals surface area contributed by atoms with Crippen molar-refractivity contribution in [3.63, 3.8) is 0 Å². The van der Waals surface area contributed by atoms with Crippen LogP contribution in [-0.4, -0.2) is 42.6 Å². The maximum atomic E-state index is 15.3. The topological polar surface area (TPSA) is 104 Å². The van der Waals surface area contributed by atoms with Gasteiger partial charge in [-0.25, -0.2) is 4.90 Å². The van der Waals surface area contributed by atoms with E-state index in [0.717, 1.165) is 15.9 Å². The summed E-state index contributed by atoms with van der Waals surface area (Å²) in [6.45, 7) is 0. The van der Waals surface area contributed by atoms with Gasteiger partial charge in [0.25, 0.3) is 23.6 Å². The van der Waals surface area contributed by atoms with Gasteiger partial charge in [-0.1, -0.05) is 36.4 Å². The fraction of sp³-hybridized carbons (Fsp3) is 0.105. The van der Waals surface area contributed by atoms with Crippen molar-refractivity contribution in [1.82, 2.24) is 4.90 Å². The predicted molar refractivity (Wildman–Crippen MR) is 185 cm³/mol. The number of halogens is 6. The first-order chi connectivity index (χ1) is 24.9. The van der Waals surface area contributed by atoms with Crippen LogP contribution in [0.4, 0.5) is 37.7 Å². The number of carbonyl (C=O) groups is 4. The van der Waals surface area contributed by atoms with E-state index >= 15 is 4.57 Å². The third-order valence-electron chi connectivity index (χ3n) is 9.20. The van der Waals surface area contributed by atoms with Crippen molar-refractivity contribution in [2.75, 3.05) is 24.3 Å². The first kappa shape index (κ1) is 35.4. The average molecular weight is 748 g/mol. The summed E-state index contributed by atoms with van der Waals surface area (Å²) in [5.41, 5.74) is -1.82. The molecule has 2 heterocycles. The molecular weight excluding hydrogens is 723 g/mol. The molecule has 1 unspecified atom stereocenters. The Morgan fingerprint density at radius 1 is 0.547 bits per heavy atom. The molecule has 5 aromatic rings. The maximum absolute atomic E-state index is 15.3. The van der Waals surface area contributed by atoms with Gasteiger partial charge in [-0.2, -0.15) is 26.3 Å². The number of hydrogen-bond acceptors (Lipinski definition) is 6. The Labute approximate surface area is 297 Å². The lowest BCUT2D eigenvalue weighted by Gasteiger charge is -2.24. The molecule has 8 nitrogen and oxygen atoms in total. The highest BCUT2D eigenvalue weighted by Crippen LogP contribution is 2.47. The lowest BCUT2D eigenvalue weighted by molar-refractivity contribution is -0.143. The van der Waals surface area contributed by atoms with Crippen LogP contribution in [-0.2, 0) is 16.9 Å². The zero-order chi connectivity index (χ0) is 38.2. The molecule has 0 saturated heterocycles. The van der Waals surface area contributed by atoms with Crippen LogP contribution in [0.2, 0.25) is 0 Å². The van der Waals surface area contributed by atoms with E-state index in [0.29, 0.717) is 28.9 Å². The average Bonchev–Trinajstić information content (AvgIpc) is 3.52. The Morgan fingerprint density at radius 3 is 1.60 bits per heavy atom. The number of hydrogen-bond donors (Lipinski definition) is 1. The zero-order valence-corrected chi connectivity index (χ0v) is 28.4. The second kappa shape index (κ2) is 12.3. The Balaban J connectivity index is 1.34. The van der Waals surface area contributed by atoms with Gasteiger partial charge in [0.15, 0.2) is 7.14 Å². The van der Waals surface area contributed by atoms with Gasteiger partial charge < -0.3 is 9.88 Å². The summed E-state index contributed by atoms with van der Waals surface area (Å²) in [5.74, 6) is -2.55. The van der Waals surface area contributed by atoms with Crippen LogP contribution < -0.4 is 26.1 Å². The van der Waals surface area contributed by atoms with Crippen LogP contribution in [0.25, 0.3) is 11.1 Å². The van der Waals surface area contributed by atoms with Crippen LogP contribution in [0.3, 0.4) is 0 Å². The van der Waals surface area contributed by atoms with Crippen LogP contribution in [0, 0.1) is 0 Å². The van der Waals surface area contributed by atoms with E-state index in [1.807, 2.05) is 0 Å². The highest BCUT2D eigenvalue weighted by molar-refractivity contribution is 7.85. The molecule has 0 radical (unpaired) electrons. The molecular formula is C38H24F6N3O5P. The molecule has 1 atom stereocenters. The maximum Gasteiger partial charge on any atom is 0.416 e. The highest BCUT2D eigenvalue weighted by Gasteiger charge is 2.42. The number of nitrogens with one attached hydrogen (secondary N) is 1. The van der Waals surface area contributed by atoms with Crippen molar-refractivity contribution in [2.24, 2.45) is 0 Å². The lowest BCUT2D eigenvalue weighted by atomic mass is 9.97. The van der Waals surface area contributed by atoms with Gasteiger partial charge in [-0.05, 0) is 77.9 Å². The minimum atomic E-state index is -5.22. The molecule has 0 saturated carbocycles. The van der Waals surface area contributed by atoms with Crippen molar-refractivity contribution in [3.8, 4) is 11.1 Å². The standard InChI is InChI=1S/C38H24F6N3O5P/c1-45-24-5-3-7-26(18-24)53(52,28-16-22(37(39,40)41)15-23(17-28)38(42,43)44)27-8-4-6-25(19-27)47-35(50)30-12-10-21(14-32(30)36(47)51)20-9-11-29-31(13-20)34(49)46(2)33(29)48/h3-19,45H,1-2H3. The van der Waals surface area contributed by atoms with Gasteiger partial charge in [0.05, 0.1) is 39.1 Å². The number of benzene rings is 5. The molecule has 0 aliphatic carbocycles. The van der Waals surface area contributed by atoms with Crippen LogP contribution in [0.15, 0.2) is 103 Å². The Kier molecular flexibility index (Phi) is 8.22. The molecule has 0 fully saturated rings. The van der Waals surface area contributed by atoms with E-state index in [9.17, 15) is 45.5 Å². The Hall–Kier alpha value is -6.01. The van der Waals surface area contributed by atoms with Gasteiger partial charge in [0.2, 0.25) is 0 Å². The minimum Gasteiger partial charge on any atom is -0.388 e. The zero-order valence-electron chi connectivity index (χ0n) is 27.5. The molecule has 5 aromatic carbocycles. The van der Waals surface area contributed by atoms with Crippen LogP contribution in [0.5, 0.6) is 0 Å². The van der Waals surface area contributed by atoms with E-state index in [1.165, 1.54) is 74.8 Å². The summed E-state index contributed by atoms with van der Waals surface area (Å²) in [5, 5.41) is 1.70. The molecule has 0 aromatic heterocycles. The molecule has 2 aliphatic rings. The monoisotopic (exact) mass is 747 g/mol. The van der Waals surface area contributed by atoms with Crippen molar-refractivity contribution >= 4 is 58.1 Å². The fourth-order valence-electron chi connectivity index (χ4n) is 6.45. The van der Waals surface area contributed by atoms with Gasteiger partial charge in [0.1, 0.15) is 0 Å². The molecule has 0 spiro atoms. The molecule has 53 heavy (non-hydrogen) atoms. The van der Waals surface area contributed by atoms with E-state index in [1.54, 1.807) is 18.2 Å². The predicted octanol–water partition coefficient (Wildman–Crippen LogP) is 7.10. The SMILES string of the molecule is CNc1cccc(P(=O)(c2cccc(N3C(=O)c4ccc(-c5ccc6c(c5)C(=O)N(C)C6=O)cc4C3=O)c2)c2cc(C(F)(F)F)cc(C(F)(F)F)c2)c1. The summed E-state index contributed by atoms with van der Waals surface area (Å²) in [6.07, 6.45) is -10.4. The van der Waals surface area contributed by atoms with Gasteiger partial charge in [0, 0.05) is 35.7 Å². The second-order valence-electron chi connectivity index (χ2n) is 12.3. The van der Waals surface area contributed by atoms with E-state index in [2.05, 4.69) is 5.32 Å². The number of alkyl halides is 6. The third kappa shape index (κ3) is 5.79. The highest BCUT2D eigenvalue weighted by atomic mass is 31.2. The number of anilines is 2. The minimum absolute atomic E-state index is 0.00565. The number of imide groups is 2. The quantitative estimate of drug-likeness (QED) is 0.113. The molecule has 0 bridgehead atoms. The summed E-state index contributed by atoms with van der Waals surface area (Å²) in [6, 6.07) is 20.4. The first-order valence-corrected chi connectivity index (χ1v) is 17.4. The third-order valence-corrected chi connectivity index (χ3v) is 12.2. The fourth-order valence-corrected chi connectivity index (χ4v) is 9.21. The van der Waals surface area contributed by atoms with E-state index in [-0.39, 0.29) is 44.6 Å². The number of amides is 4. The van der Waals surface area contributed by atoms with Crippen LogP contribution in [0.1, 0.15) is 52.6 Å². The van der Waals surface area contributed by atoms with Gasteiger partial charge in [-0.15, -0.1) is 0 Å². The molecule has 1 N–H and O–H groups in total. The van der Waals surface area contributed by atoms with Gasteiger partial charge >= 0.3 is 12.4 Å². The summed E-state index contributed by atoms with van der Waals surface area (Å²) < 4.78 is 99.3. The smallest absolute Gasteiger partial charge is 0.388 e. The Morgan fingerprint density at radius 2 is 1.04 bits per heavy atom. The number of carbonyl (C=O) groups excluding carboxylic acids is 4. The Bertz CT molecular complexity index is 2450. The first-order valence-electron chi connectivity index (χ1n) is 15.7. The van der Waals surface area contributed by atoms with Crippen molar-refractivity contribution in [3.05, 3.63) is 137 Å². The lowest BCUT2D eigenvalue weighted by Crippen LogP contribution is -2.31. The summed E-state index contributed by atoms with van der Waals surface area (Å²) in [4.78, 5) is 54.3. The normalized spacial score (nSPS) is 15.5. The summed E-state index contributed by atoms with van der Waals surface area (Å²) in [7, 11) is -1.73. The number of nitrogens with zero attached hydrogens (tertiary/aromatic N) is 2. The molecule has 2 aliphatic heterocycles. The number of rotatable bonds is 6. The largest absolute Gasteiger partial charge is 0.416 e. The molecule has 4 amide bonds. The molecule has 268 valence electrons. The van der Waals surface area contributed by atoms with E-state index < -0.39 is 59.6 Å². The summed E-state index contributed by atoms with van der Waals surface area (Å²) >= 11 is 0. The number of fused-ring (bicyclic) bond motifs is 2. The van der Waals surface area contributed by atoms with Crippen LogP contribution >= 0.6 is 7.14 Å². The van der Waals surface area contributed by atoms with E-state index in [4.69, 9.17) is 0 Å².